The number of ether oxygens (including phenoxy) is 4. The van der Waals surface area contributed by atoms with Crippen molar-refractivity contribution >= 4 is 54.5 Å². The van der Waals surface area contributed by atoms with E-state index < -0.39 is 49.0 Å². The molecular formula is C34H60N4O14S. The SMILES string of the molecule is O=CC(CS)NC(=O)CCCCCCCCCCNC(=O)CCOCCOCCOCCOCCNC(=O)CCC(C(=O)O)N(CC(=O)O)CC(=O)O. The molecular weight excluding hydrogens is 720 g/mol. The normalized spacial score (nSPS) is 12.2. The van der Waals surface area contributed by atoms with Crippen molar-refractivity contribution in [3.8, 4) is 0 Å². The third kappa shape index (κ3) is 31.8. The predicted molar refractivity (Wildman–Crippen MR) is 195 cm³/mol. The molecule has 0 rings (SSSR count). The lowest BCUT2D eigenvalue weighted by Crippen LogP contribution is -2.47. The highest BCUT2D eigenvalue weighted by Gasteiger charge is 2.29. The van der Waals surface area contributed by atoms with Crippen molar-refractivity contribution in [2.24, 2.45) is 0 Å². The fourth-order valence-electron chi connectivity index (χ4n) is 4.82. The maximum absolute atomic E-state index is 12.0. The zero-order valence-corrected chi connectivity index (χ0v) is 31.5. The number of amides is 3. The highest BCUT2D eigenvalue weighted by Crippen LogP contribution is 2.10. The second kappa shape index (κ2) is 34.4. The molecule has 0 aromatic rings. The van der Waals surface area contributed by atoms with E-state index in [1.54, 1.807) is 0 Å². The summed E-state index contributed by atoms with van der Waals surface area (Å²) in [5, 5.41) is 35.3. The molecule has 0 saturated heterocycles. The Hall–Kier alpha value is -3.36. The summed E-state index contributed by atoms with van der Waals surface area (Å²) in [5.74, 6) is -4.51. The van der Waals surface area contributed by atoms with Crippen LogP contribution in [0.4, 0.5) is 0 Å². The summed E-state index contributed by atoms with van der Waals surface area (Å²) in [4.78, 5) is 80.6. The van der Waals surface area contributed by atoms with Crippen LogP contribution in [0.2, 0.25) is 0 Å². The van der Waals surface area contributed by atoms with Gasteiger partial charge in [0.2, 0.25) is 17.7 Å². The van der Waals surface area contributed by atoms with E-state index in [1.807, 2.05) is 0 Å². The minimum Gasteiger partial charge on any atom is -0.480 e. The topological polar surface area (TPSA) is 256 Å². The van der Waals surface area contributed by atoms with E-state index in [4.69, 9.17) is 29.2 Å². The Labute approximate surface area is 316 Å². The Morgan fingerprint density at radius 1 is 0.585 bits per heavy atom. The Bertz CT molecular complexity index is 1040. The number of carbonyl (C=O) groups is 7. The Kier molecular flexibility index (Phi) is 32.2. The van der Waals surface area contributed by atoms with Gasteiger partial charge in [-0.1, -0.05) is 38.5 Å². The minimum atomic E-state index is -1.44. The van der Waals surface area contributed by atoms with E-state index >= 15 is 0 Å². The van der Waals surface area contributed by atoms with Crippen LogP contribution in [0.1, 0.15) is 77.0 Å². The Morgan fingerprint density at radius 2 is 1.06 bits per heavy atom. The summed E-state index contributed by atoms with van der Waals surface area (Å²) >= 11 is 4.01. The number of hydrogen-bond donors (Lipinski definition) is 7. The molecule has 306 valence electrons. The lowest BCUT2D eigenvalue weighted by atomic mass is 10.1. The lowest BCUT2D eigenvalue weighted by Gasteiger charge is -2.25. The molecule has 53 heavy (non-hydrogen) atoms. The summed E-state index contributed by atoms with van der Waals surface area (Å²) < 4.78 is 21.6. The standard InChI is InChI=1S/C34H60N4O14S/c39-25-27(26-53)37-31(42)9-7-5-3-1-2-4-6-8-13-35-30(41)12-15-49-17-19-51-21-22-52-20-18-50-16-14-36-29(40)11-10-28(34(47)48)38(23-32(43)44)24-33(45)46/h25,27-28,53H,1-24,26H2,(H,35,41)(H,36,40)(H,37,42)(H,43,44)(H,45,46)(H,47,48). The van der Waals surface area contributed by atoms with Gasteiger partial charge < -0.3 is 55.0 Å². The maximum Gasteiger partial charge on any atom is 0.320 e. The smallest absolute Gasteiger partial charge is 0.320 e. The van der Waals surface area contributed by atoms with E-state index in [9.17, 15) is 38.7 Å². The maximum atomic E-state index is 12.0. The van der Waals surface area contributed by atoms with E-state index in [0.29, 0.717) is 64.6 Å². The molecule has 0 aliphatic rings. The van der Waals surface area contributed by atoms with Gasteiger partial charge in [0.25, 0.3) is 0 Å². The number of unbranched alkanes of at least 4 members (excludes halogenated alkanes) is 7. The fraction of sp³-hybridized carbons (Fsp3) is 0.794. The molecule has 0 aliphatic carbocycles. The summed E-state index contributed by atoms with van der Waals surface area (Å²) in [6.45, 7) is 1.70. The van der Waals surface area contributed by atoms with Gasteiger partial charge in [0.05, 0.1) is 72.0 Å². The number of nitrogens with one attached hydrogen (secondary N) is 3. The van der Waals surface area contributed by atoms with Gasteiger partial charge in [0.15, 0.2) is 0 Å². The zero-order valence-electron chi connectivity index (χ0n) is 30.6. The van der Waals surface area contributed by atoms with Crippen LogP contribution >= 0.6 is 12.6 Å². The third-order valence-corrected chi connectivity index (χ3v) is 7.96. The van der Waals surface area contributed by atoms with Crippen molar-refractivity contribution in [1.82, 2.24) is 20.9 Å². The fourth-order valence-corrected chi connectivity index (χ4v) is 5.00. The van der Waals surface area contributed by atoms with Crippen LogP contribution in [0.15, 0.2) is 0 Å². The van der Waals surface area contributed by atoms with Gasteiger partial charge in [0.1, 0.15) is 12.3 Å². The van der Waals surface area contributed by atoms with Gasteiger partial charge in [0, 0.05) is 38.1 Å². The molecule has 0 saturated carbocycles. The molecule has 3 amide bonds. The van der Waals surface area contributed by atoms with Crippen molar-refractivity contribution in [1.29, 1.82) is 0 Å². The largest absolute Gasteiger partial charge is 0.480 e. The highest BCUT2D eigenvalue weighted by molar-refractivity contribution is 7.80. The number of hydrogen-bond acceptors (Lipinski definition) is 13. The number of nitrogens with zero attached hydrogens (tertiary/aromatic N) is 1. The second-order valence-electron chi connectivity index (χ2n) is 12.1. The molecule has 0 aromatic carbocycles. The van der Waals surface area contributed by atoms with Crippen LogP contribution in [0.5, 0.6) is 0 Å². The Morgan fingerprint density at radius 3 is 1.57 bits per heavy atom. The molecule has 2 unspecified atom stereocenters. The lowest BCUT2D eigenvalue weighted by molar-refractivity contribution is -0.149. The van der Waals surface area contributed by atoms with E-state index in [-0.39, 0.29) is 50.8 Å². The monoisotopic (exact) mass is 780 g/mol. The molecule has 0 fully saturated rings. The molecule has 0 bridgehead atoms. The van der Waals surface area contributed by atoms with Crippen LogP contribution in [0.25, 0.3) is 0 Å². The number of carbonyl (C=O) groups excluding carboxylic acids is 4. The first-order valence-corrected chi connectivity index (χ1v) is 18.7. The van der Waals surface area contributed by atoms with Gasteiger partial charge in [-0.25, -0.2) is 0 Å². The molecule has 18 nitrogen and oxygen atoms in total. The summed E-state index contributed by atoms with van der Waals surface area (Å²) in [6, 6.07) is -1.96. The van der Waals surface area contributed by atoms with E-state index in [2.05, 4.69) is 28.6 Å². The average Bonchev–Trinajstić information content (AvgIpc) is 3.10. The molecule has 0 aromatic heterocycles. The summed E-state index contributed by atoms with van der Waals surface area (Å²) in [7, 11) is 0. The third-order valence-electron chi connectivity index (χ3n) is 7.57. The van der Waals surface area contributed by atoms with Crippen LogP contribution in [-0.2, 0) is 52.5 Å². The zero-order chi connectivity index (χ0) is 39.5. The number of aliphatic carboxylic acids is 3. The van der Waals surface area contributed by atoms with E-state index in [1.165, 1.54) is 0 Å². The van der Waals surface area contributed by atoms with Gasteiger partial charge in [-0.05, 0) is 19.3 Å². The number of carboxylic acids is 3. The van der Waals surface area contributed by atoms with Gasteiger partial charge in [-0.3, -0.25) is 33.7 Å². The molecule has 2 atom stereocenters. The van der Waals surface area contributed by atoms with Gasteiger partial charge >= 0.3 is 17.9 Å². The van der Waals surface area contributed by atoms with Crippen molar-refractivity contribution < 1.29 is 67.8 Å². The molecule has 6 N–H and O–H groups in total. The first kappa shape index (κ1) is 49.6. The molecule has 0 heterocycles. The first-order chi connectivity index (χ1) is 25.5. The summed E-state index contributed by atoms with van der Waals surface area (Å²) in [6.07, 6.45) is 9.07. The number of carboxylic acid groups (broad SMARTS) is 3. The molecule has 0 radical (unpaired) electrons. The van der Waals surface area contributed by atoms with Crippen LogP contribution in [0.3, 0.4) is 0 Å². The first-order valence-electron chi connectivity index (χ1n) is 18.1. The Balaban J connectivity index is 3.56. The second-order valence-corrected chi connectivity index (χ2v) is 12.4. The van der Waals surface area contributed by atoms with Crippen LogP contribution in [-0.4, -0.2) is 159 Å². The quantitative estimate of drug-likeness (QED) is 0.0256. The highest BCUT2D eigenvalue weighted by atomic mass is 32.1. The van der Waals surface area contributed by atoms with Crippen LogP contribution in [0, 0.1) is 0 Å². The number of thiol groups is 1. The summed E-state index contributed by atoms with van der Waals surface area (Å²) in [5.41, 5.74) is 0. The molecule has 0 spiro atoms. The van der Waals surface area contributed by atoms with Gasteiger partial charge in [-0.15, -0.1) is 0 Å². The van der Waals surface area contributed by atoms with Crippen molar-refractivity contribution in [3.05, 3.63) is 0 Å². The predicted octanol–water partition coefficient (Wildman–Crippen LogP) is 0.504. The van der Waals surface area contributed by atoms with Gasteiger partial charge in [-0.2, -0.15) is 12.6 Å². The number of aldehydes is 1. The molecule has 0 aliphatic heterocycles. The minimum absolute atomic E-state index is 0.0494. The molecule has 19 heteroatoms. The van der Waals surface area contributed by atoms with Crippen LogP contribution < -0.4 is 16.0 Å². The number of rotatable bonds is 38. The average molecular weight is 781 g/mol. The van der Waals surface area contributed by atoms with Crippen molar-refractivity contribution in [2.75, 3.05) is 84.8 Å². The van der Waals surface area contributed by atoms with E-state index in [0.717, 1.165) is 56.3 Å². The van der Waals surface area contributed by atoms with Crippen molar-refractivity contribution in [3.63, 3.8) is 0 Å². The van der Waals surface area contributed by atoms with Crippen molar-refractivity contribution in [2.45, 2.75) is 89.1 Å².